The standard InChI is InChI=1S/C11H20NO12P/c12-5(10(16)17)1-2-7(14)23-9-8(15)6(3-22-25(19,20)21)24-11(9,18)4-13/h5-6,8-9,13,15,18H,1-4,12H2,(H,16,17)(H2,19,20,21)/t5-,6+,8+,9-,11+/m0/s1. The maximum Gasteiger partial charge on any atom is 0.469 e. The second-order valence-corrected chi connectivity index (χ2v) is 6.57. The van der Waals surface area contributed by atoms with Crippen molar-refractivity contribution in [2.75, 3.05) is 13.2 Å². The van der Waals surface area contributed by atoms with E-state index in [1.54, 1.807) is 0 Å². The number of aliphatic carboxylic acids is 1. The highest BCUT2D eigenvalue weighted by Gasteiger charge is 2.56. The number of hydrogen-bond acceptors (Lipinski definition) is 10. The van der Waals surface area contributed by atoms with Crippen molar-refractivity contribution in [3.8, 4) is 0 Å². The van der Waals surface area contributed by atoms with Gasteiger partial charge in [0.15, 0.2) is 6.10 Å². The highest BCUT2D eigenvalue weighted by molar-refractivity contribution is 7.46. The second kappa shape index (κ2) is 8.49. The Hall–Kier alpha value is -1.15. The molecular weight excluding hydrogens is 369 g/mol. The molecule has 0 saturated carbocycles. The van der Waals surface area contributed by atoms with Gasteiger partial charge in [0, 0.05) is 6.42 Å². The molecule has 14 heteroatoms. The van der Waals surface area contributed by atoms with Gasteiger partial charge in [0.1, 0.15) is 24.9 Å². The fourth-order valence-electron chi connectivity index (χ4n) is 2.05. The molecule has 0 radical (unpaired) electrons. The van der Waals surface area contributed by atoms with E-state index in [1.807, 2.05) is 0 Å². The summed E-state index contributed by atoms with van der Waals surface area (Å²) in [4.78, 5) is 39.5. The van der Waals surface area contributed by atoms with Crippen LogP contribution >= 0.6 is 7.82 Å². The minimum atomic E-state index is -4.89. The number of phosphoric ester groups is 1. The Balaban J connectivity index is 2.70. The van der Waals surface area contributed by atoms with E-state index in [2.05, 4.69) is 4.52 Å². The fraction of sp³-hybridized carbons (Fsp3) is 0.818. The van der Waals surface area contributed by atoms with Gasteiger partial charge in [-0.2, -0.15) is 0 Å². The van der Waals surface area contributed by atoms with Gasteiger partial charge in [0.25, 0.3) is 0 Å². The van der Waals surface area contributed by atoms with Gasteiger partial charge in [0.2, 0.25) is 5.79 Å². The van der Waals surface area contributed by atoms with Crippen molar-refractivity contribution in [1.29, 1.82) is 0 Å². The van der Waals surface area contributed by atoms with E-state index in [1.165, 1.54) is 0 Å². The smallest absolute Gasteiger partial charge is 0.469 e. The molecule has 0 aliphatic carbocycles. The molecule has 5 atom stereocenters. The number of aliphatic hydroxyl groups is 3. The summed E-state index contributed by atoms with van der Waals surface area (Å²) in [5.74, 6) is -4.90. The number of aliphatic hydroxyl groups excluding tert-OH is 2. The Labute approximate surface area is 141 Å². The van der Waals surface area contributed by atoms with Crippen molar-refractivity contribution < 1.29 is 58.4 Å². The number of carboxylic acid groups (broad SMARTS) is 1. The summed E-state index contributed by atoms with van der Waals surface area (Å²) in [6.07, 6.45) is -5.82. The third kappa shape index (κ3) is 6.26. The molecule has 0 aromatic carbocycles. The van der Waals surface area contributed by atoms with Gasteiger partial charge in [0.05, 0.1) is 6.61 Å². The Morgan fingerprint density at radius 3 is 2.44 bits per heavy atom. The highest BCUT2D eigenvalue weighted by atomic mass is 31.2. The van der Waals surface area contributed by atoms with Crippen molar-refractivity contribution in [3.05, 3.63) is 0 Å². The first-order valence-corrected chi connectivity index (χ1v) is 8.49. The molecule has 1 rings (SSSR count). The summed E-state index contributed by atoms with van der Waals surface area (Å²) in [6, 6.07) is -1.32. The molecular formula is C11H20NO12P. The van der Waals surface area contributed by atoms with Crippen LogP contribution in [0.1, 0.15) is 12.8 Å². The summed E-state index contributed by atoms with van der Waals surface area (Å²) in [6.45, 7) is -1.96. The molecule has 0 spiro atoms. The van der Waals surface area contributed by atoms with Crippen LogP contribution in [0, 0.1) is 0 Å². The predicted molar refractivity (Wildman–Crippen MR) is 75.6 cm³/mol. The van der Waals surface area contributed by atoms with Crippen LogP contribution in [-0.2, 0) is 28.2 Å². The first-order valence-electron chi connectivity index (χ1n) is 6.96. The van der Waals surface area contributed by atoms with Gasteiger partial charge in [-0.05, 0) is 6.42 Å². The van der Waals surface area contributed by atoms with Crippen LogP contribution in [0.15, 0.2) is 0 Å². The number of hydrogen-bond donors (Lipinski definition) is 7. The zero-order valence-electron chi connectivity index (χ0n) is 12.8. The lowest BCUT2D eigenvalue weighted by atomic mass is 10.1. The topological polar surface area (TPSA) is 226 Å². The minimum Gasteiger partial charge on any atom is -0.480 e. The Morgan fingerprint density at radius 1 is 1.36 bits per heavy atom. The number of carbonyl (C=O) groups excluding carboxylic acids is 1. The first-order chi connectivity index (χ1) is 11.4. The van der Waals surface area contributed by atoms with E-state index in [0.29, 0.717) is 0 Å². The van der Waals surface area contributed by atoms with Gasteiger partial charge in [-0.15, -0.1) is 0 Å². The monoisotopic (exact) mass is 389 g/mol. The summed E-state index contributed by atoms with van der Waals surface area (Å²) in [7, 11) is -4.89. The molecule has 13 nitrogen and oxygen atoms in total. The van der Waals surface area contributed by atoms with Crippen molar-refractivity contribution in [2.45, 2.75) is 43.0 Å². The lowest BCUT2D eigenvalue weighted by Gasteiger charge is -2.27. The Morgan fingerprint density at radius 2 is 1.96 bits per heavy atom. The minimum absolute atomic E-state index is 0.278. The molecule has 0 amide bonds. The quantitative estimate of drug-likeness (QED) is 0.151. The summed E-state index contributed by atoms with van der Waals surface area (Å²) < 4.78 is 24.5. The van der Waals surface area contributed by atoms with Gasteiger partial charge in [-0.3, -0.25) is 14.1 Å². The largest absolute Gasteiger partial charge is 0.480 e. The van der Waals surface area contributed by atoms with E-state index < -0.39 is 69.5 Å². The predicted octanol–water partition coefficient (Wildman–Crippen LogP) is -3.36. The normalized spacial score (nSPS) is 30.9. The molecule has 1 fully saturated rings. The summed E-state index contributed by atoms with van der Waals surface area (Å²) in [5, 5.41) is 37.9. The number of carbonyl (C=O) groups is 2. The third-order valence-electron chi connectivity index (χ3n) is 3.36. The van der Waals surface area contributed by atoms with E-state index in [0.717, 1.165) is 0 Å². The van der Waals surface area contributed by atoms with Crippen LogP contribution in [0.2, 0.25) is 0 Å². The van der Waals surface area contributed by atoms with Crippen LogP contribution in [0.5, 0.6) is 0 Å². The molecule has 1 aliphatic rings. The molecule has 1 heterocycles. The number of nitrogens with two attached hydrogens (primary N) is 1. The van der Waals surface area contributed by atoms with Crippen LogP contribution in [0.3, 0.4) is 0 Å². The van der Waals surface area contributed by atoms with Gasteiger partial charge in [-0.25, -0.2) is 4.57 Å². The lowest BCUT2D eigenvalue weighted by molar-refractivity contribution is -0.253. The zero-order chi connectivity index (χ0) is 19.4. The molecule has 0 unspecified atom stereocenters. The van der Waals surface area contributed by atoms with Crippen molar-refractivity contribution in [2.24, 2.45) is 5.73 Å². The molecule has 0 aromatic heterocycles. The summed E-state index contributed by atoms with van der Waals surface area (Å²) in [5.41, 5.74) is 5.22. The SMILES string of the molecule is N[C@@H](CCC(=O)O[C@H]1[C@H](O)[C@@H](COP(=O)(O)O)O[C@]1(O)CO)C(=O)O. The van der Waals surface area contributed by atoms with Gasteiger partial charge in [-0.1, -0.05) is 0 Å². The van der Waals surface area contributed by atoms with Crippen molar-refractivity contribution >= 4 is 19.8 Å². The maximum absolute atomic E-state index is 11.7. The third-order valence-corrected chi connectivity index (χ3v) is 3.85. The van der Waals surface area contributed by atoms with E-state index in [9.17, 15) is 29.5 Å². The second-order valence-electron chi connectivity index (χ2n) is 5.33. The average molecular weight is 389 g/mol. The van der Waals surface area contributed by atoms with E-state index in [-0.39, 0.29) is 6.42 Å². The number of esters is 1. The van der Waals surface area contributed by atoms with Gasteiger partial charge >= 0.3 is 19.8 Å². The number of phosphoric acid groups is 1. The Bertz CT molecular complexity index is 537. The molecule has 146 valence electrons. The van der Waals surface area contributed by atoms with Crippen LogP contribution in [0.4, 0.5) is 0 Å². The van der Waals surface area contributed by atoms with Crippen molar-refractivity contribution in [1.82, 2.24) is 0 Å². The lowest BCUT2D eigenvalue weighted by Crippen LogP contribution is -2.49. The fourth-order valence-corrected chi connectivity index (χ4v) is 2.39. The first kappa shape index (κ1) is 21.9. The van der Waals surface area contributed by atoms with E-state index >= 15 is 0 Å². The molecule has 0 aromatic rings. The van der Waals surface area contributed by atoms with Crippen LogP contribution in [-0.4, -0.2) is 85.5 Å². The Kier molecular flexibility index (Phi) is 7.43. The van der Waals surface area contributed by atoms with Gasteiger partial charge < -0.3 is 45.4 Å². The number of carboxylic acids is 1. The molecule has 1 aliphatic heterocycles. The molecule has 0 bridgehead atoms. The van der Waals surface area contributed by atoms with Crippen LogP contribution < -0.4 is 5.73 Å². The maximum atomic E-state index is 11.7. The molecule has 25 heavy (non-hydrogen) atoms. The van der Waals surface area contributed by atoms with Crippen LogP contribution in [0.25, 0.3) is 0 Å². The van der Waals surface area contributed by atoms with E-state index in [4.69, 9.17) is 30.1 Å². The zero-order valence-corrected chi connectivity index (χ0v) is 13.7. The molecule has 8 N–H and O–H groups in total. The highest BCUT2D eigenvalue weighted by Crippen LogP contribution is 2.39. The number of ether oxygens (including phenoxy) is 2. The summed E-state index contributed by atoms with van der Waals surface area (Å²) >= 11 is 0. The number of rotatable bonds is 9. The molecule has 1 saturated heterocycles. The van der Waals surface area contributed by atoms with Crippen molar-refractivity contribution in [3.63, 3.8) is 0 Å². The average Bonchev–Trinajstić information content (AvgIpc) is 2.75.